The zero-order valence-electron chi connectivity index (χ0n) is 22.7. The number of aliphatic hydroxyl groups is 5. The smallest absolute Gasteiger partial charge is 0.396 e. The molecule has 4 aliphatic rings. The fraction of sp³-hybridized carbons (Fsp3) is 1.00. The monoisotopic (exact) mass is 548 g/mol. The van der Waals surface area contributed by atoms with Crippen molar-refractivity contribution in [3.05, 3.63) is 0 Å². The predicted octanol–water partition coefficient (Wildman–Crippen LogP) is 2.30. The molecule has 0 amide bonds. The molecule has 1 unspecified atom stereocenters. The molecule has 0 aliphatic heterocycles. The highest BCUT2D eigenvalue weighted by atomic mass is 32.3. The van der Waals surface area contributed by atoms with E-state index in [-0.39, 0.29) is 60.4 Å². The Labute approximate surface area is 221 Å². The van der Waals surface area contributed by atoms with Gasteiger partial charge in [-0.1, -0.05) is 40.5 Å². The lowest BCUT2D eigenvalue weighted by atomic mass is 9.42. The normalized spacial score (nSPS) is 49.6. The molecular formula is C27H48O9S. The summed E-state index contributed by atoms with van der Waals surface area (Å²) in [5.74, 6) is 0.0409. The molecule has 0 saturated heterocycles. The molecule has 4 saturated carbocycles. The van der Waals surface area contributed by atoms with Crippen LogP contribution in [0, 0.1) is 46.3 Å². The first kappa shape index (κ1) is 29.6. The van der Waals surface area contributed by atoms with Gasteiger partial charge < -0.3 is 25.5 Å². The number of fused-ring (bicyclic) bond motifs is 5. The molecule has 4 rings (SSSR count). The molecule has 0 heterocycles. The van der Waals surface area contributed by atoms with E-state index in [1.807, 2.05) is 13.8 Å². The first-order chi connectivity index (χ1) is 17.1. The van der Waals surface area contributed by atoms with Crippen molar-refractivity contribution in [3.8, 4) is 0 Å². The van der Waals surface area contributed by atoms with E-state index in [4.69, 9.17) is 8.74 Å². The molecule has 4 aliphatic carbocycles. The van der Waals surface area contributed by atoms with Gasteiger partial charge in [0, 0.05) is 18.4 Å². The summed E-state index contributed by atoms with van der Waals surface area (Å²) >= 11 is 0. The Hall–Kier alpha value is -0.330. The van der Waals surface area contributed by atoms with E-state index in [1.54, 1.807) is 0 Å². The number of hydrogen-bond donors (Lipinski definition) is 6. The van der Waals surface area contributed by atoms with Gasteiger partial charge in [0.15, 0.2) is 0 Å². The highest BCUT2D eigenvalue weighted by Crippen LogP contribution is 2.69. The molecule has 216 valence electrons. The Morgan fingerprint density at radius 2 is 1.70 bits per heavy atom. The molecule has 10 heteroatoms. The van der Waals surface area contributed by atoms with Crippen molar-refractivity contribution in [2.45, 2.75) is 115 Å². The van der Waals surface area contributed by atoms with E-state index in [2.05, 4.69) is 13.8 Å². The van der Waals surface area contributed by atoms with E-state index >= 15 is 0 Å². The Balaban J connectivity index is 1.57. The number of aliphatic hydroxyl groups excluding tert-OH is 4. The molecule has 0 radical (unpaired) electrons. The average molecular weight is 549 g/mol. The summed E-state index contributed by atoms with van der Waals surface area (Å²) in [7, 11) is -4.68. The summed E-state index contributed by atoms with van der Waals surface area (Å²) in [5.41, 5.74) is -2.60. The number of rotatable bonds is 8. The maximum Gasteiger partial charge on any atom is 0.397 e. The third kappa shape index (κ3) is 4.92. The van der Waals surface area contributed by atoms with Gasteiger partial charge in [-0.3, -0.25) is 4.55 Å². The lowest BCUT2D eigenvalue weighted by Crippen LogP contribution is -2.69. The highest BCUT2D eigenvalue weighted by Gasteiger charge is 2.70. The second kappa shape index (κ2) is 10.3. The maximum atomic E-state index is 11.8. The van der Waals surface area contributed by atoms with Gasteiger partial charge in [0.2, 0.25) is 0 Å². The lowest BCUT2D eigenvalue weighted by Gasteiger charge is -2.65. The predicted molar refractivity (Wildman–Crippen MR) is 137 cm³/mol. The Morgan fingerprint density at radius 1 is 1.03 bits per heavy atom. The van der Waals surface area contributed by atoms with Crippen LogP contribution in [-0.2, 0) is 14.6 Å². The molecule has 0 bridgehead atoms. The van der Waals surface area contributed by atoms with Crippen LogP contribution in [0.2, 0.25) is 0 Å². The van der Waals surface area contributed by atoms with E-state index in [0.29, 0.717) is 12.8 Å². The van der Waals surface area contributed by atoms with Crippen LogP contribution in [-0.4, -0.2) is 75.1 Å². The third-order valence-corrected chi connectivity index (χ3v) is 12.0. The Kier molecular flexibility index (Phi) is 8.21. The molecule has 0 aromatic carbocycles. The molecule has 9 nitrogen and oxygen atoms in total. The quantitative estimate of drug-likeness (QED) is 0.250. The van der Waals surface area contributed by atoms with Gasteiger partial charge in [-0.15, -0.1) is 0 Å². The first-order valence-corrected chi connectivity index (χ1v) is 15.5. The fourth-order valence-electron chi connectivity index (χ4n) is 9.67. The summed E-state index contributed by atoms with van der Waals surface area (Å²) in [6.07, 6.45) is 1.45. The molecule has 13 atom stereocenters. The molecule has 0 aromatic rings. The summed E-state index contributed by atoms with van der Waals surface area (Å²) in [6, 6.07) is 0. The van der Waals surface area contributed by atoms with Crippen molar-refractivity contribution in [2.24, 2.45) is 46.3 Å². The topological polar surface area (TPSA) is 165 Å². The van der Waals surface area contributed by atoms with Gasteiger partial charge in [-0.05, 0) is 79.4 Å². The zero-order valence-corrected chi connectivity index (χ0v) is 23.5. The fourth-order valence-corrected chi connectivity index (χ4v) is 10.2. The van der Waals surface area contributed by atoms with Crippen LogP contribution in [0.1, 0.15) is 85.5 Å². The van der Waals surface area contributed by atoms with Crippen molar-refractivity contribution in [1.82, 2.24) is 0 Å². The van der Waals surface area contributed by atoms with Crippen LogP contribution < -0.4 is 0 Å². The van der Waals surface area contributed by atoms with Crippen molar-refractivity contribution < 1.29 is 42.7 Å². The zero-order chi connectivity index (χ0) is 27.6. The summed E-state index contributed by atoms with van der Waals surface area (Å²) in [6.45, 7) is 8.47. The number of hydrogen-bond acceptors (Lipinski definition) is 8. The van der Waals surface area contributed by atoms with E-state index in [0.717, 1.165) is 32.1 Å². The van der Waals surface area contributed by atoms with Gasteiger partial charge in [0.1, 0.15) is 0 Å². The van der Waals surface area contributed by atoms with Gasteiger partial charge in [-0.2, -0.15) is 8.42 Å². The third-order valence-electron chi connectivity index (χ3n) is 11.5. The Morgan fingerprint density at radius 3 is 2.32 bits per heavy atom. The van der Waals surface area contributed by atoms with Gasteiger partial charge in [0.25, 0.3) is 0 Å². The van der Waals surface area contributed by atoms with Crippen molar-refractivity contribution in [2.75, 3.05) is 6.61 Å². The SMILES string of the molecule is CC(CO)CCC[C@@H](C)[C@H]1[C@@H](O)[C@H](O)[C@H]2[C@@H]3C[C@@H](O)[C@@]4(O)C[C@@H](OS(=O)(=O)O)CC[C@]4(C)[C@H]3CC[C@]12C. The van der Waals surface area contributed by atoms with Crippen LogP contribution in [0.25, 0.3) is 0 Å². The van der Waals surface area contributed by atoms with Gasteiger partial charge in [-0.25, -0.2) is 4.18 Å². The second-order valence-electron chi connectivity index (χ2n) is 13.5. The van der Waals surface area contributed by atoms with Crippen molar-refractivity contribution in [3.63, 3.8) is 0 Å². The molecule has 0 aromatic heterocycles. The highest BCUT2D eigenvalue weighted by molar-refractivity contribution is 7.80. The molecule has 37 heavy (non-hydrogen) atoms. The largest absolute Gasteiger partial charge is 0.397 e. The van der Waals surface area contributed by atoms with Crippen molar-refractivity contribution in [1.29, 1.82) is 0 Å². The first-order valence-electron chi connectivity index (χ1n) is 14.1. The lowest BCUT2D eigenvalue weighted by molar-refractivity contribution is -0.266. The molecular weight excluding hydrogens is 500 g/mol. The van der Waals surface area contributed by atoms with E-state index in [9.17, 15) is 34.0 Å². The van der Waals surface area contributed by atoms with Crippen LogP contribution in [0.4, 0.5) is 0 Å². The van der Waals surface area contributed by atoms with Crippen LogP contribution in [0.3, 0.4) is 0 Å². The van der Waals surface area contributed by atoms with Gasteiger partial charge in [0.05, 0.1) is 30.0 Å². The van der Waals surface area contributed by atoms with Crippen LogP contribution in [0.5, 0.6) is 0 Å². The van der Waals surface area contributed by atoms with Crippen LogP contribution in [0.15, 0.2) is 0 Å². The molecule has 0 spiro atoms. The minimum Gasteiger partial charge on any atom is -0.396 e. The van der Waals surface area contributed by atoms with Crippen molar-refractivity contribution >= 4 is 10.4 Å². The summed E-state index contributed by atoms with van der Waals surface area (Å²) in [4.78, 5) is 0. The minimum atomic E-state index is -4.68. The molecule has 6 N–H and O–H groups in total. The summed E-state index contributed by atoms with van der Waals surface area (Å²) in [5, 5.41) is 55.2. The maximum absolute atomic E-state index is 11.8. The van der Waals surface area contributed by atoms with Crippen LogP contribution >= 0.6 is 0 Å². The van der Waals surface area contributed by atoms with E-state index < -0.39 is 45.8 Å². The standard InChI is InChI=1S/C27H48O9S/c1-15(14-28)6-5-7-16(2)21-23(30)24(31)22-18-12-20(29)27(32)13-17(36-37(33,34)35)8-11-26(27,4)19(18)9-10-25(21,22)3/h15-24,28-32H,5-14H2,1-4H3,(H,33,34,35)/t15?,16-,17+,18-,19+,20-,21+,22-,23-,24-,25-,26-,27+/m1/s1. The van der Waals surface area contributed by atoms with Gasteiger partial charge >= 0.3 is 10.4 Å². The Bertz CT molecular complexity index is 929. The molecule has 4 fully saturated rings. The second-order valence-corrected chi connectivity index (χ2v) is 14.6. The van der Waals surface area contributed by atoms with E-state index in [1.165, 1.54) is 0 Å². The average Bonchev–Trinajstić information content (AvgIpc) is 3.00. The summed E-state index contributed by atoms with van der Waals surface area (Å²) < 4.78 is 36.6. The minimum absolute atomic E-state index is 0.00744.